The third kappa shape index (κ3) is 6.84. The van der Waals surface area contributed by atoms with E-state index in [-0.39, 0.29) is 18.5 Å². The number of aromatic nitrogens is 1. The molecule has 35 heavy (non-hydrogen) atoms. The van der Waals surface area contributed by atoms with Gasteiger partial charge in [-0.25, -0.2) is 4.79 Å². The molecule has 1 amide bonds. The lowest BCUT2D eigenvalue weighted by molar-refractivity contribution is -0.121. The van der Waals surface area contributed by atoms with Crippen LogP contribution in [-0.2, 0) is 16.1 Å². The van der Waals surface area contributed by atoms with E-state index in [0.29, 0.717) is 36.2 Å². The smallest absolute Gasteiger partial charge is 0.338 e. The van der Waals surface area contributed by atoms with Crippen LogP contribution in [0.1, 0.15) is 40.7 Å². The molecular formula is C26H27N3O6. The van der Waals surface area contributed by atoms with Crippen LogP contribution in [0.5, 0.6) is 11.5 Å². The van der Waals surface area contributed by atoms with Crippen LogP contribution in [0.15, 0.2) is 53.1 Å². The molecule has 0 aliphatic heterocycles. The van der Waals surface area contributed by atoms with Crippen LogP contribution in [0.2, 0.25) is 0 Å². The van der Waals surface area contributed by atoms with Gasteiger partial charge < -0.3 is 23.6 Å². The lowest BCUT2D eigenvalue weighted by Crippen LogP contribution is -2.35. The molecule has 0 N–H and O–H groups in total. The Morgan fingerprint density at radius 1 is 1.03 bits per heavy atom. The number of esters is 1. The van der Waals surface area contributed by atoms with Gasteiger partial charge in [-0.05, 0) is 69.3 Å². The molecule has 0 radical (unpaired) electrons. The fourth-order valence-electron chi connectivity index (χ4n) is 3.29. The molecule has 0 fully saturated rings. The molecule has 0 saturated heterocycles. The van der Waals surface area contributed by atoms with Crippen LogP contribution in [0.3, 0.4) is 0 Å². The van der Waals surface area contributed by atoms with E-state index in [9.17, 15) is 9.59 Å². The summed E-state index contributed by atoms with van der Waals surface area (Å²) in [7, 11) is 0. The Labute approximate surface area is 203 Å². The van der Waals surface area contributed by atoms with Crippen molar-refractivity contribution in [1.82, 2.24) is 5.16 Å². The largest absolute Gasteiger partial charge is 0.494 e. The number of hydrogen-bond acceptors (Lipinski definition) is 8. The van der Waals surface area contributed by atoms with Gasteiger partial charge in [0.25, 0.3) is 5.91 Å². The van der Waals surface area contributed by atoms with Crippen LogP contribution in [0, 0.1) is 25.2 Å². The Bertz CT molecular complexity index is 1160. The molecule has 0 atom stereocenters. The zero-order valence-corrected chi connectivity index (χ0v) is 19.9. The van der Waals surface area contributed by atoms with Crippen LogP contribution < -0.4 is 14.4 Å². The topological polar surface area (TPSA) is 115 Å². The van der Waals surface area contributed by atoms with Crippen LogP contribution in [0.4, 0.5) is 5.69 Å². The molecule has 3 rings (SSSR count). The number of aryl methyl sites for hydroxylation is 2. The van der Waals surface area contributed by atoms with Crippen molar-refractivity contribution in [3.63, 3.8) is 0 Å². The van der Waals surface area contributed by atoms with E-state index in [1.165, 1.54) is 4.90 Å². The minimum atomic E-state index is -0.637. The Morgan fingerprint density at radius 3 is 2.29 bits per heavy atom. The van der Waals surface area contributed by atoms with Crippen molar-refractivity contribution in [2.75, 3.05) is 24.7 Å². The highest BCUT2D eigenvalue weighted by molar-refractivity contribution is 5.97. The summed E-state index contributed by atoms with van der Waals surface area (Å²) in [4.78, 5) is 26.7. The predicted octanol–water partition coefficient (Wildman–Crippen LogP) is 4.37. The van der Waals surface area contributed by atoms with E-state index in [0.717, 1.165) is 11.3 Å². The van der Waals surface area contributed by atoms with Crippen molar-refractivity contribution in [1.29, 1.82) is 5.26 Å². The second-order valence-electron chi connectivity index (χ2n) is 7.57. The second-order valence-corrected chi connectivity index (χ2v) is 7.57. The molecule has 1 heterocycles. The van der Waals surface area contributed by atoms with Gasteiger partial charge in [-0.1, -0.05) is 5.16 Å². The SMILES string of the molecule is CCOc1ccc(N(CCC#N)C(=O)COC(=O)c2ccc(OCc3c(C)noc3C)cc2)cc1. The Kier molecular flexibility index (Phi) is 8.84. The number of ether oxygens (including phenoxy) is 3. The minimum Gasteiger partial charge on any atom is -0.494 e. The Morgan fingerprint density at radius 2 is 1.69 bits per heavy atom. The first-order valence-electron chi connectivity index (χ1n) is 11.1. The lowest BCUT2D eigenvalue weighted by Gasteiger charge is -2.22. The predicted molar refractivity (Wildman–Crippen MR) is 127 cm³/mol. The number of anilines is 1. The summed E-state index contributed by atoms with van der Waals surface area (Å²) >= 11 is 0. The molecule has 3 aromatic rings. The number of amides is 1. The molecule has 9 nitrogen and oxygen atoms in total. The summed E-state index contributed by atoms with van der Waals surface area (Å²) < 4.78 is 21.5. The summed E-state index contributed by atoms with van der Waals surface area (Å²) in [6.07, 6.45) is 0.141. The monoisotopic (exact) mass is 477 g/mol. The standard InChI is InChI=1S/C26H27N3O6/c1-4-32-22-12-8-21(9-13-22)29(15-5-14-27)25(30)17-34-26(31)20-6-10-23(11-7-20)33-16-24-18(2)28-35-19(24)3/h6-13H,4-5,15-17H2,1-3H3. The maximum atomic E-state index is 12.8. The maximum Gasteiger partial charge on any atom is 0.338 e. The Hall–Kier alpha value is -4.32. The number of carbonyl (C=O) groups excluding carboxylic acids is 2. The summed E-state index contributed by atoms with van der Waals surface area (Å²) in [5, 5.41) is 12.8. The lowest BCUT2D eigenvalue weighted by atomic mass is 10.2. The number of carbonyl (C=O) groups is 2. The highest BCUT2D eigenvalue weighted by atomic mass is 16.5. The molecule has 0 aliphatic rings. The van der Waals surface area contributed by atoms with Crippen molar-refractivity contribution in [3.8, 4) is 17.6 Å². The number of hydrogen-bond donors (Lipinski definition) is 0. The van der Waals surface area contributed by atoms with E-state index in [4.69, 9.17) is 24.0 Å². The van der Waals surface area contributed by atoms with E-state index in [1.54, 1.807) is 48.5 Å². The van der Waals surface area contributed by atoms with Gasteiger partial charge in [0, 0.05) is 12.2 Å². The molecule has 182 valence electrons. The molecule has 1 aromatic heterocycles. The first-order valence-corrected chi connectivity index (χ1v) is 11.1. The fourth-order valence-corrected chi connectivity index (χ4v) is 3.29. The van der Waals surface area contributed by atoms with Gasteiger partial charge in [0.05, 0.1) is 35.9 Å². The molecule has 0 bridgehead atoms. The van der Waals surface area contributed by atoms with Crippen molar-refractivity contribution >= 4 is 17.6 Å². The van der Waals surface area contributed by atoms with Crippen LogP contribution in [0.25, 0.3) is 0 Å². The number of nitriles is 1. The average molecular weight is 478 g/mol. The van der Waals surface area contributed by atoms with E-state index >= 15 is 0 Å². The van der Waals surface area contributed by atoms with Gasteiger partial charge in [0.2, 0.25) is 0 Å². The first kappa shape index (κ1) is 25.3. The average Bonchev–Trinajstić information content (AvgIpc) is 3.19. The molecule has 0 saturated carbocycles. The van der Waals surface area contributed by atoms with Crippen LogP contribution >= 0.6 is 0 Å². The van der Waals surface area contributed by atoms with Gasteiger partial charge in [-0.2, -0.15) is 5.26 Å². The van der Waals surface area contributed by atoms with Crippen molar-refractivity contribution < 1.29 is 28.3 Å². The van der Waals surface area contributed by atoms with Crippen molar-refractivity contribution in [2.24, 2.45) is 0 Å². The zero-order chi connectivity index (χ0) is 25.2. The van der Waals surface area contributed by atoms with Crippen molar-refractivity contribution in [3.05, 3.63) is 71.1 Å². The van der Waals surface area contributed by atoms with Gasteiger partial charge >= 0.3 is 5.97 Å². The van der Waals surface area contributed by atoms with Gasteiger partial charge in [-0.3, -0.25) is 4.79 Å². The van der Waals surface area contributed by atoms with Gasteiger partial charge in [0.15, 0.2) is 6.61 Å². The highest BCUT2D eigenvalue weighted by Gasteiger charge is 2.18. The molecule has 9 heteroatoms. The summed E-state index contributed by atoms with van der Waals surface area (Å²) in [5.74, 6) is 0.867. The zero-order valence-electron chi connectivity index (χ0n) is 19.9. The normalized spacial score (nSPS) is 10.3. The van der Waals surface area contributed by atoms with Gasteiger partial charge in [-0.15, -0.1) is 0 Å². The molecular weight excluding hydrogens is 450 g/mol. The molecule has 2 aromatic carbocycles. The van der Waals surface area contributed by atoms with Crippen LogP contribution in [-0.4, -0.2) is 36.8 Å². The first-order chi connectivity index (χ1) is 16.9. The quantitative estimate of drug-likeness (QED) is 0.374. The van der Waals surface area contributed by atoms with Gasteiger partial charge in [0.1, 0.15) is 23.9 Å². The van der Waals surface area contributed by atoms with E-state index < -0.39 is 18.5 Å². The maximum absolute atomic E-state index is 12.8. The third-order valence-corrected chi connectivity index (χ3v) is 5.19. The number of rotatable bonds is 11. The molecule has 0 spiro atoms. The fraction of sp³-hybridized carbons (Fsp3) is 0.308. The summed E-state index contributed by atoms with van der Waals surface area (Å²) in [5.41, 5.74) is 2.51. The molecule has 0 aliphatic carbocycles. The Balaban J connectivity index is 1.57. The summed E-state index contributed by atoms with van der Waals surface area (Å²) in [6.45, 7) is 6.08. The second kappa shape index (κ2) is 12.2. The number of nitrogens with zero attached hydrogens (tertiary/aromatic N) is 3. The third-order valence-electron chi connectivity index (χ3n) is 5.19. The number of benzene rings is 2. The minimum absolute atomic E-state index is 0.141. The van der Waals surface area contributed by atoms with E-state index in [2.05, 4.69) is 5.16 Å². The van der Waals surface area contributed by atoms with E-state index in [1.807, 2.05) is 26.8 Å². The summed E-state index contributed by atoms with van der Waals surface area (Å²) in [6, 6.07) is 15.4. The highest BCUT2D eigenvalue weighted by Crippen LogP contribution is 2.21. The van der Waals surface area contributed by atoms with Crippen molar-refractivity contribution in [2.45, 2.75) is 33.8 Å². The molecule has 0 unspecified atom stereocenters.